The van der Waals surface area contributed by atoms with E-state index in [4.69, 9.17) is 4.74 Å². The third kappa shape index (κ3) is 7.87. The minimum atomic E-state index is -4.83. The van der Waals surface area contributed by atoms with Crippen molar-refractivity contribution in [3.05, 3.63) is 81.0 Å². The molecule has 1 aliphatic carbocycles. The van der Waals surface area contributed by atoms with E-state index in [2.05, 4.69) is 25.1 Å². The predicted octanol–water partition coefficient (Wildman–Crippen LogP) is 7.76. The Balaban J connectivity index is 0.957. The van der Waals surface area contributed by atoms with E-state index >= 15 is 0 Å². The number of piperazine rings is 1. The Bertz CT molecular complexity index is 1720. The zero-order chi connectivity index (χ0) is 33.3. The van der Waals surface area contributed by atoms with E-state index in [1.807, 2.05) is 12.1 Å². The molecule has 0 radical (unpaired) electrons. The lowest BCUT2D eigenvalue weighted by atomic mass is 9.92. The van der Waals surface area contributed by atoms with Gasteiger partial charge in [-0.3, -0.25) is 15.0 Å². The number of nitrogens with one attached hydrogen (secondary N) is 1. The van der Waals surface area contributed by atoms with Crippen LogP contribution in [0.2, 0.25) is 0 Å². The number of benzene rings is 2. The third-order valence-electron chi connectivity index (χ3n) is 8.38. The molecule has 4 aromatic rings. The van der Waals surface area contributed by atoms with E-state index in [9.17, 15) is 36.5 Å². The number of halogens is 6. The maximum Gasteiger partial charge on any atom is 0.423 e. The summed E-state index contributed by atoms with van der Waals surface area (Å²) >= 11 is 1.40. The monoisotopic (exact) mass is 680 g/mol. The van der Waals surface area contributed by atoms with Gasteiger partial charge in [0.1, 0.15) is 22.1 Å². The first-order valence-electron chi connectivity index (χ1n) is 15.0. The van der Waals surface area contributed by atoms with Gasteiger partial charge in [0.2, 0.25) is 0 Å². The topological polar surface area (TPSA) is 96.7 Å². The molecule has 47 heavy (non-hydrogen) atoms. The lowest BCUT2D eigenvalue weighted by Crippen LogP contribution is -2.46. The van der Waals surface area contributed by atoms with Crippen molar-refractivity contribution < 1.29 is 36.0 Å². The molecule has 250 valence electrons. The fraction of sp³-hybridized carbons (Fsp3) is 0.419. The van der Waals surface area contributed by atoms with E-state index in [0.29, 0.717) is 43.5 Å². The fourth-order valence-electron chi connectivity index (χ4n) is 5.94. The van der Waals surface area contributed by atoms with Crippen molar-refractivity contribution in [3.8, 4) is 5.75 Å². The Kier molecular flexibility index (Phi) is 9.16. The SMILES string of the molecule is O=[N+]([O-])c1ccc(N[C@H]2CC[C@H](Oc3ccc(N4CCN(Cc5nc6cc(C(F)(F)F)ccc6s5)CC4)nc3)CC2)cc1C(F)(F)F. The molecule has 0 spiro atoms. The number of hydrogen-bond donors (Lipinski definition) is 1. The molecule has 1 saturated heterocycles. The molecule has 2 aromatic carbocycles. The Morgan fingerprint density at radius 3 is 2.32 bits per heavy atom. The third-order valence-corrected chi connectivity index (χ3v) is 9.40. The van der Waals surface area contributed by atoms with Crippen molar-refractivity contribution in [3.63, 3.8) is 0 Å². The minimum Gasteiger partial charge on any atom is -0.489 e. The van der Waals surface area contributed by atoms with Crippen LogP contribution in [0.1, 0.15) is 41.8 Å². The lowest BCUT2D eigenvalue weighted by Gasteiger charge is -2.35. The fourth-order valence-corrected chi connectivity index (χ4v) is 6.93. The van der Waals surface area contributed by atoms with Crippen LogP contribution in [0.15, 0.2) is 54.7 Å². The molecule has 1 N–H and O–H groups in total. The number of fused-ring (bicyclic) bond motifs is 1. The first-order chi connectivity index (χ1) is 22.3. The van der Waals surface area contributed by atoms with Crippen molar-refractivity contribution in [1.29, 1.82) is 0 Å². The van der Waals surface area contributed by atoms with Gasteiger partial charge >= 0.3 is 12.4 Å². The smallest absolute Gasteiger partial charge is 0.423 e. The number of hydrogen-bond acceptors (Lipinski definition) is 9. The molecule has 0 amide bonds. The van der Waals surface area contributed by atoms with E-state index in [1.165, 1.54) is 23.5 Å². The molecule has 0 unspecified atom stereocenters. The summed E-state index contributed by atoms with van der Waals surface area (Å²) in [5.41, 5.74) is -2.40. The summed E-state index contributed by atoms with van der Waals surface area (Å²) < 4.78 is 86.0. The van der Waals surface area contributed by atoms with Crippen LogP contribution in [0.25, 0.3) is 10.2 Å². The van der Waals surface area contributed by atoms with Crippen LogP contribution in [-0.2, 0) is 18.9 Å². The number of pyridine rings is 1. The van der Waals surface area contributed by atoms with Gasteiger partial charge in [0, 0.05) is 44.0 Å². The van der Waals surface area contributed by atoms with Gasteiger partial charge in [0.25, 0.3) is 5.69 Å². The highest BCUT2D eigenvalue weighted by molar-refractivity contribution is 7.18. The molecule has 3 heterocycles. The Hall–Kier alpha value is -4.18. The molecule has 0 bridgehead atoms. The van der Waals surface area contributed by atoms with Crippen LogP contribution < -0.4 is 15.0 Å². The second-order valence-electron chi connectivity index (χ2n) is 11.6. The Morgan fingerprint density at radius 2 is 1.68 bits per heavy atom. The number of alkyl halides is 6. The molecular formula is C31H30F6N6O3S. The van der Waals surface area contributed by atoms with Crippen LogP contribution in [0, 0.1) is 10.1 Å². The standard InChI is InChI=1S/C31H30F6N6O3S/c32-30(33,34)19-1-9-27-25(15-19)40-29(47-27)18-41-11-13-42(14-12-41)28-10-7-23(17-38-28)46-22-5-2-20(3-6-22)39-21-4-8-26(43(44)45)24(16-21)31(35,36)37/h1,4,7-10,15-17,20,22,39H,2-3,5-6,11-14,18H2/t20-,22-. The molecule has 9 nitrogen and oxygen atoms in total. The number of nitro groups is 1. The van der Waals surface area contributed by atoms with Crippen molar-refractivity contribution in [2.24, 2.45) is 0 Å². The van der Waals surface area contributed by atoms with E-state index < -0.39 is 34.1 Å². The Morgan fingerprint density at radius 1 is 0.936 bits per heavy atom. The van der Waals surface area contributed by atoms with Crippen LogP contribution in [0.4, 0.5) is 43.5 Å². The van der Waals surface area contributed by atoms with Gasteiger partial charge in [-0.1, -0.05) is 0 Å². The van der Waals surface area contributed by atoms with Gasteiger partial charge in [-0.05, 0) is 68.1 Å². The first kappa shape index (κ1) is 32.7. The highest BCUT2D eigenvalue weighted by Crippen LogP contribution is 2.38. The lowest BCUT2D eigenvalue weighted by molar-refractivity contribution is -0.388. The second-order valence-corrected chi connectivity index (χ2v) is 12.7. The normalized spacial score (nSPS) is 19.6. The summed E-state index contributed by atoms with van der Waals surface area (Å²) in [5.74, 6) is 1.43. The number of ether oxygens (including phenoxy) is 1. The van der Waals surface area contributed by atoms with Gasteiger partial charge in [-0.2, -0.15) is 26.3 Å². The van der Waals surface area contributed by atoms with E-state index in [0.717, 1.165) is 66.0 Å². The summed E-state index contributed by atoms with van der Waals surface area (Å²) in [5, 5.41) is 14.9. The summed E-state index contributed by atoms with van der Waals surface area (Å²) in [7, 11) is 0. The number of nitrogens with zero attached hydrogens (tertiary/aromatic N) is 5. The van der Waals surface area contributed by atoms with Gasteiger partial charge in [-0.15, -0.1) is 11.3 Å². The average molecular weight is 681 g/mol. The first-order valence-corrected chi connectivity index (χ1v) is 15.8. The summed E-state index contributed by atoms with van der Waals surface area (Å²) in [6.07, 6.45) is -4.96. The van der Waals surface area contributed by atoms with Crippen molar-refractivity contribution in [2.45, 2.75) is 56.7 Å². The van der Waals surface area contributed by atoms with Crippen LogP contribution in [0.5, 0.6) is 5.75 Å². The van der Waals surface area contributed by atoms with Gasteiger partial charge in [-0.25, -0.2) is 9.97 Å². The zero-order valence-corrected chi connectivity index (χ0v) is 25.7. The number of aromatic nitrogens is 2. The summed E-state index contributed by atoms with van der Waals surface area (Å²) in [4.78, 5) is 23.4. The molecule has 2 fully saturated rings. The minimum absolute atomic E-state index is 0.0746. The van der Waals surface area contributed by atoms with Gasteiger partial charge < -0.3 is 15.0 Å². The molecule has 16 heteroatoms. The van der Waals surface area contributed by atoms with Crippen LogP contribution >= 0.6 is 11.3 Å². The van der Waals surface area contributed by atoms with Crippen molar-refractivity contribution in [1.82, 2.24) is 14.9 Å². The highest BCUT2D eigenvalue weighted by atomic mass is 32.1. The second kappa shape index (κ2) is 13.1. The maximum atomic E-state index is 13.3. The molecule has 1 saturated carbocycles. The maximum absolute atomic E-state index is 13.3. The van der Waals surface area contributed by atoms with E-state index in [-0.39, 0.29) is 17.8 Å². The number of rotatable bonds is 8. The highest BCUT2D eigenvalue weighted by Gasteiger charge is 2.38. The van der Waals surface area contributed by atoms with Gasteiger partial charge in [0.15, 0.2) is 0 Å². The number of thiazole rings is 1. The van der Waals surface area contributed by atoms with Crippen LogP contribution in [-0.4, -0.2) is 58.1 Å². The van der Waals surface area contributed by atoms with E-state index in [1.54, 1.807) is 6.20 Å². The predicted molar refractivity (Wildman–Crippen MR) is 165 cm³/mol. The molecule has 6 rings (SSSR count). The summed E-state index contributed by atoms with van der Waals surface area (Å²) in [6, 6.07) is 10.3. The summed E-state index contributed by atoms with van der Waals surface area (Å²) in [6.45, 7) is 3.52. The largest absolute Gasteiger partial charge is 0.489 e. The number of anilines is 2. The van der Waals surface area contributed by atoms with Crippen LogP contribution in [0.3, 0.4) is 0 Å². The molecule has 2 aromatic heterocycles. The molecule has 0 atom stereocenters. The molecular weight excluding hydrogens is 650 g/mol. The van der Waals surface area contributed by atoms with Crippen molar-refractivity contribution >= 4 is 38.7 Å². The van der Waals surface area contributed by atoms with Crippen molar-refractivity contribution in [2.75, 3.05) is 36.4 Å². The average Bonchev–Trinajstić information content (AvgIpc) is 3.43. The number of nitro benzene ring substituents is 1. The van der Waals surface area contributed by atoms with Gasteiger partial charge in [0.05, 0.1) is 39.5 Å². The molecule has 2 aliphatic rings. The molecule has 1 aliphatic heterocycles. The quantitative estimate of drug-likeness (QED) is 0.115. The zero-order valence-electron chi connectivity index (χ0n) is 24.9. The Labute approximate surface area is 269 Å².